The maximum Gasteiger partial charge on any atom is 0.257 e. The number of aliphatic hydroxyl groups excluding tert-OH is 1. The molecule has 2 N–H and O–H groups in total. The van der Waals surface area contributed by atoms with Crippen molar-refractivity contribution in [3.05, 3.63) is 63.7 Å². The molecule has 1 unspecified atom stereocenters. The van der Waals surface area contributed by atoms with Gasteiger partial charge in [0.05, 0.1) is 11.5 Å². The van der Waals surface area contributed by atoms with Gasteiger partial charge in [0, 0.05) is 37.7 Å². The molecule has 190 valence electrons. The van der Waals surface area contributed by atoms with Gasteiger partial charge in [0.2, 0.25) is 5.43 Å². The molecule has 1 saturated heterocycles. The summed E-state index contributed by atoms with van der Waals surface area (Å²) in [5.41, 5.74) is -3.87. The maximum atomic E-state index is 15.1. The van der Waals surface area contributed by atoms with E-state index < -0.39 is 75.8 Å². The van der Waals surface area contributed by atoms with Crippen LogP contribution in [0.25, 0.3) is 16.7 Å². The number of halogens is 5. The molecule has 36 heavy (non-hydrogen) atoms. The zero-order valence-electron chi connectivity index (χ0n) is 19.0. The SMILES string of the molecule is CC1(NC(=O)c2cn(-c3c(F)cccc3F)c3nc(N4CCC(O)C4)c(F)cc3c2=O)CC(F)(F)C1. The van der Waals surface area contributed by atoms with Crippen LogP contribution in [0.1, 0.15) is 36.5 Å². The number of amides is 1. The largest absolute Gasteiger partial charge is 0.391 e. The number of benzene rings is 1. The van der Waals surface area contributed by atoms with Gasteiger partial charge in [0.1, 0.15) is 22.9 Å². The molecule has 0 bridgehead atoms. The molecular weight excluding hydrogens is 487 g/mol. The zero-order chi connectivity index (χ0) is 26.0. The van der Waals surface area contributed by atoms with Gasteiger partial charge in [0.15, 0.2) is 17.3 Å². The minimum absolute atomic E-state index is 0.0669. The number of carbonyl (C=O) groups excluding carboxylic acids is 1. The van der Waals surface area contributed by atoms with Crippen LogP contribution in [-0.2, 0) is 0 Å². The Morgan fingerprint density at radius 2 is 1.83 bits per heavy atom. The molecule has 1 atom stereocenters. The summed E-state index contributed by atoms with van der Waals surface area (Å²) in [6.07, 6.45) is -0.785. The molecule has 2 aromatic heterocycles. The van der Waals surface area contributed by atoms with E-state index in [4.69, 9.17) is 0 Å². The highest BCUT2D eigenvalue weighted by Crippen LogP contribution is 2.45. The molecule has 5 rings (SSSR count). The number of fused-ring (bicyclic) bond motifs is 1. The Morgan fingerprint density at radius 3 is 2.42 bits per heavy atom. The lowest BCUT2D eigenvalue weighted by molar-refractivity contribution is -0.124. The monoisotopic (exact) mass is 508 g/mol. The predicted octanol–water partition coefficient (Wildman–Crippen LogP) is 3.29. The van der Waals surface area contributed by atoms with E-state index >= 15 is 4.39 Å². The van der Waals surface area contributed by atoms with E-state index in [2.05, 4.69) is 10.3 Å². The quantitative estimate of drug-likeness (QED) is 0.529. The van der Waals surface area contributed by atoms with Crippen molar-refractivity contribution in [1.82, 2.24) is 14.9 Å². The minimum Gasteiger partial charge on any atom is -0.391 e. The van der Waals surface area contributed by atoms with Crippen LogP contribution >= 0.6 is 0 Å². The van der Waals surface area contributed by atoms with Gasteiger partial charge < -0.3 is 15.3 Å². The molecule has 1 saturated carbocycles. The number of nitrogens with one attached hydrogen (secondary N) is 1. The normalized spacial score (nSPS) is 20.4. The lowest BCUT2D eigenvalue weighted by Crippen LogP contribution is -2.60. The molecule has 0 spiro atoms. The number of aliphatic hydroxyl groups is 1. The molecule has 1 aliphatic heterocycles. The number of nitrogens with zero attached hydrogens (tertiary/aromatic N) is 3. The summed E-state index contributed by atoms with van der Waals surface area (Å²) in [6, 6.07) is 3.85. The lowest BCUT2D eigenvalue weighted by atomic mass is 9.75. The third kappa shape index (κ3) is 4.08. The van der Waals surface area contributed by atoms with Crippen LogP contribution in [0, 0.1) is 17.5 Å². The number of aromatic nitrogens is 2. The van der Waals surface area contributed by atoms with E-state index in [1.165, 1.54) is 11.8 Å². The van der Waals surface area contributed by atoms with Gasteiger partial charge in [-0.15, -0.1) is 0 Å². The highest BCUT2D eigenvalue weighted by Gasteiger charge is 2.54. The van der Waals surface area contributed by atoms with Crippen molar-refractivity contribution >= 4 is 22.8 Å². The number of hydrogen-bond acceptors (Lipinski definition) is 5. The Kier molecular flexibility index (Phi) is 5.54. The van der Waals surface area contributed by atoms with Crippen LogP contribution in [0.2, 0.25) is 0 Å². The zero-order valence-corrected chi connectivity index (χ0v) is 19.0. The van der Waals surface area contributed by atoms with Gasteiger partial charge in [-0.25, -0.2) is 26.9 Å². The summed E-state index contributed by atoms with van der Waals surface area (Å²) in [4.78, 5) is 31.8. The van der Waals surface area contributed by atoms with Crippen molar-refractivity contribution in [1.29, 1.82) is 0 Å². The molecule has 7 nitrogen and oxygen atoms in total. The maximum absolute atomic E-state index is 15.1. The van der Waals surface area contributed by atoms with Crippen LogP contribution in [0.15, 0.2) is 35.3 Å². The molecule has 0 radical (unpaired) electrons. The number of β-amino-alcohol motifs (C(OH)–C–C–N with tert-alkyl or cyclic N) is 1. The van der Waals surface area contributed by atoms with Crippen molar-refractivity contribution in [2.45, 2.75) is 43.8 Å². The van der Waals surface area contributed by atoms with E-state index in [0.717, 1.165) is 35.0 Å². The highest BCUT2D eigenvalue weighted by molar-refractivity contribution is 5.98. The van der Waals surface area contributed by atoms with Crippen LogP contribution in [-0.4, -0.2) is 51.2 Å². The third-order valence-electron chi connectivity index (χ3n) is 6.51. The van der Waals surface area contributed by atoms with Crippen LogP contribution in [0.4, 0.5) is 27.8 Å². The molecular formula is C24H21F5N4O3. The van der Waals surface area contributed by atoms with Crippen molar-refractivity contribution in [2.24, 2.45) is 0 Å². The fourth-order valence-corrected chi connectivity index (χ4v) is 4.94. The Labute approximate surface area is 201 Å². The topological polar surface area (TPSA) is 87.5 Å². The first kappa shape index (κ1) is 24.2. The van der Waals surface area contributed by atoms with E-state index in [9.17, 15) is 32.3 Å². The second-order valence-corrected chi connectivity index (χ2v) is 9.59. The summed E-state index contributed by atoms with van der Waals surface area (Å²) in [5.74, 6) is -7.25. The van der Waals surface area contributed by atoms with Gasteiger partial charge in [-0.05, 0) is 31.5 Å². The summed E-state index contributed by atoms with van der Waals surface area (Å²) in [6.45, 7) is 1.71. The van der Waals surface area contributed by atoms with Gasteiger partial charge in [-0.2, -0.15) is 0 Å². The van der Waals surface area contributed by atoms with Crippen molar-refractivity contribution < 1.29 is 31.9 Å². The molecule has 2 fully saturated rings. The number of rotatable bonds is 4. The summed E-state index contributed by atoms with van der Waals surface area (Å²) in [5, 5.41) is 11.8. The Morgan fingerprint density at radius 1 is 1.17 bits per heavy atom. The molecule has 1 aliphatic carbocycles. The van der Waals surface area contributed by atoms with Gasteiger partial charge in [0.25, 0.3) is 11.8 Å². The number of pyridine rings is 2. The second-order valence-electron chi connectivity index (χ2n) is 9.59. The molecule has 1 amide bonds. The highest BCUT2D eigenvalue weighted by atomic mass is 19.3. The summed E-state index contributed by atoms with van der Waals surface area (Å²) >= 11 is 0. The number of hydrogen-bond donors (Lipinski definition) is 2. The van der Waals surface area contributed by atoms with Crippen molar-refractivity contribution in [3.8, 4) is 5.69 Å². The van der Waals surface area contributed by atoms with Crippen LogP contribution < -0.4 is 15.6 Å². The Balaban J connectivity index is 1.70. The number of alkyl halides is 2. The van der Waals surface area contributed by atoms with E-state index in [1.807, 2.05) is 0 Å². The number of para-hydroxylation sites is 1. The van der Waals surface area contributed by atoms with Gasteiger partial charge in [-0.3, -0.25) is 14.2 Å². The Bertz CT molecular complexity index is 1430. The van der Waals surface area contributed by atoms with Gasteiger partial charge in [-0.1, -0.05) is 6.07 Å². The van der Waals surface area contributed by atoms with Crippen molar-refractivity contribution in [2.75, 3.05) is 18.0 Å². The molecule has 3 aromatic rings. The van der Waals surface area contributed by atoms with E-state index in [1.54, 1.807) is 0 Å². The standard InChI is InChI=1S/C24H21F5N4O3/c1-23(10-24(28,29)11-23)31-22(36)14-9-33(18-15(25)3-2-4-16(18)26)20-13(19(14)35)7-17(27)21(30-20)32-6-5-12(34)8-32/h2-4,7,9,12,34H,5-6,8,10-11H2,1H3,(H,31,36). The predicted molar refractivity (Wildman–Crippen MR) is 120 cm³/mol. The molecule has 12 heteroatoms. The van der Waals surface area contributed by atoms with Crippen LogP contribution in [0.5, 0.6) is 0 Å². The smallest absolute Gasteiger partial charge is 0.257 e. The third-order valence-corrected chi connectivity index (χ3v) is 6.51. The molecule has 2 aliphatic rings. The number of carbonyl (C=O) groups is 1. The first-order valence-electron chi connectivity index (χ1n) is 11.2. The number of anilines is 1. The first-order valence-corrected chi connectivity index (χ1v) is 11.2. The van der Waals surface area contributed by atoms with Crippen molar-refractivity contribution in [3.63, 3.8) is 0 Å². The lowest BCUT2D eigenvalue weighted by Gasteiger charge is -2.45. The first-order chi connectivity index (χ1) is 16.9. The van der Waals surface area contributed by atoms with Crippen LogP contribution in [0.3, 0.4) is 0 Å². The average Bonchev–Trinajstić information content (AvgIpc) is 3.19. The molecule has 1 aromatic carbocycles. The fourth-order valence-electron chi connectivity index (χ4n) is 4.94. The second kappa shape index (κ2) is 8.26. The van der Waals surface area contributed by atoms with Gasteiger partial charge >= 0.3 is 0 Å². The average molecular weight is 508 g/mol. The summed E-state index contributed by atoms with van der Waals surface area (Å²) < 4.78 is 72.3. The van der Waals surface area contributed by atoms with E-state index in [0.29, 0.717) is 6.42 Å². The Hall–Kier alpha value is -3.54. The summed E-state index contributed by atoms with van der Waals surface area (Å²) in [7, 11) is 0. The fraction of sp³-hybridized carbons (Fsp3) is 0.375. The minimum atomic E-state index is -2.96. The van der Waals surface area contributed by atoms with E-state index in [-0.39, 0.29) is 24.6 Å². The molecule has 3 heterocycles.